The van der Waals surface area contributed by atoms with Crippen LogP contribution in [-0.2, 0) is 9.59 Å². The highest BCUT2D eigenvalue weighted by molar-refractivity contribution is 6.51. The first-order valence-electron chi connectivity index (χ1n) is 11.8. The summed E-state index contributed by atoms with van der Waals surface area (Å²) >= 11 is 0. The number of ketones is 1. The summed E-state index contributed by atoms with van der Waals surface area (Å²) in [6.45, 7) is 7.68. The largest absolute Gasteiger partial charge is 0.507 e. The number of aliphatic hydroxyl groups is 1. The highest BCUT2D eigenvalue weighted by Crippen LogP contribution is 2.43. The van der Waals surface area contributed by atoms with E-state index in [1.807, 2.05) is 20.8 Å². The van der Waals surface area contributed by atoms with E-state index in [0.29, 0.717) is 34.9 Å². The minimum absolute atomic E-state index is 0.0236. The Kier molecular flexibility index (Phi) is 7.10. The first-order valence-corrected chi connectivity index (χ1v) is 11.8. The summed E-state index contributed by atoms with van der Waals surface area (Å²) in [4.78, 5) is 28.0. The number of aliphatic hydroxyl groups excluding tert-OH is 1. The number of nitrogens with zero attached hydrogens (tertiary/aromatic N) is 1. The fourth-order valence-corrected chi connectivity index (χ4v) is 4.25. The van der Waals surface area contributed by atoms with Crippen molar-refractivity contribution in [3.63, 3.8) is 0 Å². The van der Waals surface area contributed by atoms with Crippen LogP contribution in [0, 0.1) is 12.7 Å². The average Bonchev–Trinajstić information content (AvgIpc) is 3.11. The summed E-state index contributed by atoms with van der Waals surface area (Å²) in [5.41, 5.74) is 1.53. The van der Waals surface area contributed by atoms with E-state index in [2.05, 4.69) is 0 Å². The predicted octanol–water partition coefficient (Wildman–Crippen LogP) is 5.95. The van der Waals surface area contributed by atoms with Crippen molar-refractivity contribution in [1.29, 1.82) is 0 Å². The van der Waals surface area contributed by atoms with Gasteiger partial charge < -0.3 is 14.6 Å². The lowest BCUT2D eigenvalue weighted by atomic mass is 9.94. The first kappa shape index (κ1) is 25.0. The fraction of sp³-hybridized carbons (Fsp3) is 0.241. The molecule has 0 spiro atoms. The van der Waals surface area contributed by atoms with Crippen molar-refractivity contribution in [3.8, 4) is 11.5 Å². The van der Waals surface area contributed by atoms with Crippen molar-refractivity contribution < 1.29 is 28.6 Å². The Morgan fingerprint density at radius 1 is 1.03 bits per heavy atom. The molecule has 0 bridgehead atoms. The Balaban J connectivity index is 1.89. The van der Waals surface area contributed by atoms with Crippen LogP contribution in [-0.4, -0.2) is 29.5 Å². The molecule has 186 valence electrons. The molecule has 1 saturated heterocycles. The second kappa shape index (κ2) is 10.2. The SMILES string of the molecule is CCOc1cccc(N2C(=O)C(=O)/C(=C(/O)c3ccc(F)c(C)c3)C2c2ccc(OC(C)C)cc2)c1. The van der Waals surface area contributed by atoms with Crippen molar-refractivity contribution in [2.75, 3.05) is 11.5 Å². The molecule has 3 aromatic rings. The highest BCUT2D eigenvalue weighted by Gasteiger charge is 2.47. The first-order chi connectivity index (χ1) is 17.2. The van der Waals surface area contributed by atoms with Crippen LogP contribution in [0.1, 0.15) is 43.5 Å². The third kappa shape index (κ3) is 4.82. The van der Waals surface area contributed by atoms with E-state index in [4.69, 9.17) is 9.47 Å². The van der Waals surface area contributed by atoms with E-state index in [1.54, 1.807) is 55.5 Å². The monoisotopic (exact) mass is 489 g/mol. The lowest BCUT2D eigenvalue weighted by molar-refractivity contribution is -0.132. The number of carbonyl (C=O) groups is 2. The van der Waals surface area contributed by atoms with E-state index in [0.717, 1.165) is 0 Å². The smallest absolute Gasteiger partial charge is 0.300 e. The minimum atomic E-state index is -0.916. The molecule has 1 heterocycles. The Hall–Kier alpha value is -4.13. The van der Waals surface area contributed by atoms with Crippen LogP contribution in [0.15, 0.2) is 72.3 Å². The third-order valence-corrected chi connectivity index (χ3v) is 5.85. The lowest BCUT2D eigenvalue weighted by Crippen LogP contribution is -2.29. The normalized spacial score (nSPS) is 17.1. The Morgan fingerprint density at radius 2 is 1.75 bits per heavy atom. The number of Topliss-reactive ketones (excluding diaryl/α,β-unsaturated/α-hetero) is 1. The number of ether oxygens (including phenoxy) is 2. The third-order valence-electron chi connectivity index (χ3n) is 5.85. The highest BCUT2D eigenvalue weighted by atomic mass is 19.1. The molecule has 1 aliphatic rings. The van der Waals surface area contributed by atoms with Gasteiger partial charge in [-0.15, -0.1) is 0 Å². The van der Waals surface area contributed by atoms with Crippen LogP contribution in [0.5, 0.6) is 11.5 Å². The fourth-order valence-electron chi connectivity index (χ4n) is 4.25. The molecule has 6 nitrogen and oxygen atoms in total. The Bertz CT molecular complexity index is 1330. The molecule has 1 fully saturated rings. The molecule has 1 atom stereocenters. The molecule has 1 unspecified atom stereocenters. The molecule has 0 aromatic heterocycles. The van der Waals surface area contributed by atoms with Crippen molar-refractivity contribution in [1.82, 2.24) is 0 Å². The molecule has 3 aromatic carbocycles. The van der Waals surface area contributed by atoms with Gasteiger partial charge in [0.15, 0.2) is 0 Å². The summed E-state index contributed by atoms with van der Waals surface area (Å²) in [5.74, 6) is -1.23. The quantitative estimate of drug-likeness (QED) is 0.252. The summed E-state index contributed by atoms with van der Waals surface area (Å²) < 4.78 is 25.2. The number of hydrogen-bond acceptors (Lipinski definition) is 5. The second-order valence-corrected chi connectivity index (χ2v) is 8.80. The van der Waals surface area contributed by atoms with E-state index < -0.39 is 23.5 Å². The molecule has 1 N–H and O–H groups in total. The molecular formula is C29H28FNO5. The standard InChI is InChI=1S/C29H28FNO5/c1-5-35-23-8-6-7-21(16-23)31-26(19-9-12-22(13-10-19)36-17(2)3)25(28(33)29(31)34)27(32)20-11-14-24(30)18(4)15-20/h6-17,26,32H,5H2,1-4H3/b27-25+. The molecule has 1 aliphatic heterocycles. The number of carbonyl (C=O) groups excluding carboxylic acids is 2. The summed E-state index contributed by atoms with van der Waals surface area (Å²) in [7, 11) is 0. The summed E-state index contributed by atoms with van der Waals surface area (Å²) in [6.07, 6.45) is -0.0236. The molecule has 0 radical (unpaired) electrons. The van der Waals surface area contributed by atoms with Gasteiger partial charge >= 0.3 is 0 Å². The van der Waals surface area contributed by atoms with E-state index in [1.165, 1.54) is 23.1 Å². The summed E-state index contributed by atoms with van der Waals surface area (Å²) in [6, 6.07) is 17.1. The van der Waals surface area contributed by atoms with Gasteiger partial charge in [0, 0.05) is 17.3 Å². The van der Waals surface area contributed by atoms with E-state index in [-0.39, 0.29) is 23.0 Å². The van der Waals surface area contributed by atoms with Gasteiger partial charge in [-0.05, 0) is 81.3 Å². The van der Waals surface area contributed by atoms with Crippen LogP contribution in [0.2, 0.25) is 0 Å². The van der Waals surface area contributed by atoms with Crippen molar-refractivity contribution >= 4 is 23.1 Å². The number of rotatable bonds is 7. The molecular weight excluding hydrogens is 461 g/mol. The zero-order chi connectivity index (χ0) is 26.0. The molecule has 36 heavy (non-hydrogen) atoms. The van der Waals surface area contributed by atoms with Crippen LogP contribution >= 0.6 is 0 Å². The maximum atomic E-state index is 13.9. The van der Waals surface area contributed by atoms with Crippen LogP contribution in [0.3, 0.4) is 0 Å². The van der Waals surface area contributed by atoms with E-state index >= 15 is 0 Å². The number of amides is 1. The molecule has 0 saturated carbocycles. The maximum Gasteiger partial charge on any atom is 0.300 e. The van der Waals surface area contributed by atoms with Crippen LogP contribution in [0.4, 0.5) is 10.1 Å². The average molecular weight is 490 g/mol. The van der Waals surface area contributed by atoms with Gasteiger partial charge in [0.1, 0.15) is 23.1 Å². The van der Waals surface area contributed by atoms with Gasteiger partial charge in [-0.3, -0.25) is 14.5 Å². The molecule has 4 rings (SSSR count). The van der Waals surface area contributed by atoms with Crippen LogP contribution < -0.4 is 14.4 Å². The predicted molar refractivity (Wildman–Crippen MR) is 136 cm³/mol. The van der Waals surface area contributed by atoms with E-state index in [9.17, 15) is 19.1 Å². The van der Waals surface area contributed by atoms with Crippen molar-refractivity contribution in [3.05, 3.63) is 94.8 Å². The maximum absolute atomic E-state index is 13.9. The number of benzene rings is 3. The van der Waals surface area contributed by atoms with Gasteiger partial charge in [0.05, 0.1) is 24.3 Å². The molecule has 0 aliphatic carbocycles. The van der Waals surface area contributed by atoms with Crippen molar-refractivity contribution in [2.24, 2.45) is 0 Å². The minimum Gasteiger partial charge on any atom is -0.507 e. The Morgan fingerprint density at radius 3 is 2.39 bits per heavy atom. The van der Waals surface area contributed by atoms with Crippen LogP contribution in [0.25, 0.3) is 5.76 Å². The zero-order valence-corrected chi connectivity index (χ0v) is 20.6. The van der Waals surface area contributed by atoms with Gasteiger partial charge in [-0.25, -0.2) is 4.39 Å². The summed E-state index contributed by atoms with van der Waals surface area (Å²) in [5, 5.41) is 11.2. The van der Waals surface area contributed by atoms with Crippen molar-refractivity contribution in [2.45, 2.75) is 39.8 Å². The lowest BCUT2D eigenvalue weighted by Gasteiger charge is -2.26. The van der Waals surface area contributed by atoms with Gasteiger partial charge in [-0.2, -0.15) is 0 Å². The molecule has 1 amide bonds. The second-order valence-electron chi connectivity index (χ2n) is 8.80. The number of hydrogen-bond donors (Lipinski definition) is 1. The number of anilines is 1. The van der Waals surface area contributed by atoms with Gasteiger partial charge in [0.25, 0.3) is 11.7 Å². The zero-order valence-electron chi connectivity index (χ0n) is 20.6. The van der Waals surface area contributed by atoms with Gasteiger partial charge in [0.2, 0.25) is 0 Å². The van der Waals surface area contributed by atoms with Gasteiger partial charge in [-0.1, -0.05) is 18.2 Å². The topological polar surface area (TPSA) is 76.1 Å². The number of aryl methyl sites for hydroxylation is 1. The molecule has 7 heteroatoms. The number of halogens is 1. The Labute approximate surface area is 209 Å².